The summed E-state index contributed by atoms with van der Waals surface area (Å²) in [4.78, 5) is 10.8. The molecule has 0 aromatic heterocycles. The van der Waals surface area contributed by atoms with Crippen molar-refractivity contribution in [1.29, 1.82) is 0 Å². The summed E-state index contributed by atoms with van der Waals surface area (Å²) in [5.74, 6) is 0.703. The van der Waals surface area contributed by atoms with E-state index in [1.807, 2.05) is 6.07 Å². The molecule has 0 aliphatic rings. The third kappa shape index (κ3) is 4.04. The number of nitro groups is 1. The molecular formula is C17H15NO3. The van der Waals surface area contributed by atoms with Gasteiger partial charge in [0, 0.05) is 6.08 Å². The van der Waals surface area contributed by atoms with E-state index in [0.29, 0.717) is 17.9 Å². The summed E-state index contributed by atoms with van der Waals surface area (Å²) in [5.41, 5.74) is 1.39. The van der Waals surface area contributed by atoms with Gasteiger partial charge in [-0.1, -0.05) is 43.0 Å². The van der Waals surface area contributed by atoms with Gasteiger partial charge in [0.15, 0.2) is 0 Å². The first-order valence-electron chi connectivity index (χ1n) is 6.46. The molecule has 0 aliphatic carbocycles. The van der Waals surface area contributed by atoms with Gasteiger partial charge in [0.2, 0.25) is 0 Å². The van der Waals surface area contributed by atoms with Crippen molar-refractivity contribution in [3.63, 3.8) is 0 Å². The lowest BCUT2D eigenvalue weighted by Gasteiger charge is -2.03. The van der Waals surface area contributed by atoms with Crippen molar-refractivity contribution in [2.75, 3.05) is 6.61 Å². The predicted molar refractivity (Wildman–Crippen MR) is 83.4 cm³/mol. The van der Waals surface area contributed by atoms with E-state index in [9.17, 15) is 10.1 Å². The maximum Gasteiger partial charge on any atom is 0.277 e. The first-order chi connectivity index (χ1) is 10.2. The Balaban J connectivity index is 2.26. The smallest absolute Gasteiger partial charge is 0.277 e. The molecule has 0 spiro atoms. The summed E-state index contributed by atoms with van der Waals surface area (Å²) in [6, 6.07) is 15.9. The second-order valence-electron chi connectivity index (χ2n) is 4.32. The zero-order chi connectivity index (χ0) is 15.1. The highest BCUT2D eigenvalue weighted by molar-refractivity contribution is 5.76. The van der Waals surface area contributed by atoms with Crippen LogP contribution in [0.1, 0.15) is 11.1 Å². The second-order valence-corrected chi connectivity index (χ2v) is 4.32. The molecule has 0 saturated heterocycles. The van der Waals surface area contributed by atoms with Gasteiger partial charge >= 0.3 is 0 Å². The van der Waals surface area contributed by atoms with Gasteiger partial charge < -0.3 is 4.74 Å². The van der Waals surface area contributed by atoms with Gasteiger partial charge in [-0.3, -0.25) is 10.1 Å². The third-order valence-corrected chi connectivity index (χ3v) is 2.82. The van der Waals surface area contributed by atoms with Crippen LogP contribution in [0.15, 0.2) is 67.3 Å². The van der Waals surface area contributed by atoms with Crippen molar-refractivity contribution in [2.45, 2.75) is 0 Å². The van der Waals surface area contributed by atoms with Gasteiger partial charge in [0.05, 0.1) is 10.5 Å². The van der Waals surface area contributed by atoms with Gasteiger partial charge in [0.1, 0.15) is 12.4 Å². The molecule has 0 radical (unpaired) electrons. The van der Waals surface area contributed by atoms with E-state index in [1.165, 1.54) is 0 Å². The monoisotopic (exact) mass is 281 g/mol. The topological polar surface area (TPSA) is 52.4 Å². The fraction of sp³-hybridized carbons (Fsp3) is 0.0588. The van der Waals surface area contributed by atoms with E-state index in [-0.39, 0.29) is 10.6 Å². The quantitative estimate of drug-likeness (QED) is 0.348. The van der Waals surface area contributed by atoms with E-state index in [2.05, 4.69) is 6.58 Å². The zero-order valence-electron chi connectivity index (χ0n) is 11.4. The Morgan fingerprint density at radius 3 is 2.38 bits per heavy atom. The Morgan fingerprint density at radius 1 is 1.14 bits per heavy atom. The normalized spacial score (nSPS) is 11.0. The predicted octanol–water partition coefficient (Wildman–Crippen LogP) is 4.03. The van der Waals surface area contributed by atoms with Crippen molar-refractivity contribution < 1.29 is 9.66 Å². The molecule has 0 amide bonds. The SMILES string of the molecule is C=CCOc1ccc(C=C(c2ccccc2)[N+](=O)[O-])cc1. The Morgan fingerprint density at radius 2 is 1.81 bits per heavy atom. The molecule has 0 saturated carbocycles. The Kier molecular flexibility index (Phi) is 4.88. The van der Waals surface area contributed by atoms with Crippen LogP contribution in [0.3, 0.4) is 0 Å². The summed E-state index contributed by atoms with van der Waals surface area (Å²) >= 11 is 0. The minimum atomic E-state index is -0.378. The lowest BCUT2D eigenvalue weighted by Crippen LogP contribution is -1.97. The van der Waals surface area contributed by atoms with Crippen LogP contribution in [0, 0.1) is 10.1 Å². The van der Waals surface area contributed by atoms with Crippen LogP contribution < -0.4 is 4.74 Å². The average molecular weight is 281 g/mol. The van der Waals surface area contributed by atoms with Crippen LogP contribution in [-0.4, -0.2) is 11.5 Å². The maximum absolute atomic E-state index is 11.2. The zero-order valence-corrected chi connectivity index (χ0v) is 11.4. The van der Waals surface area contributed by atoms with E-state index >= 15 is 0 Å². The largest absolute Gasteiger partial charge is 0.490 e. The highest BCUT2D eigenvalue weighted by Gasteiger charge is 2.13. The minimum absolute atomic E-state index is 0.0651. The van der Waals surface area contributed by atoms with Crippen molar-refractivity contribution in [2.24, 2.45) is 0 Å². The highest BCUT2D eigenvalue weighted by atomic mass is 16.6. The summed E-state index contributed by atoms with van der Waals surface area (Å²) in [6.45, 7) is 4.01. The highest BCUT2D eigenvalue weighted by Crippen LogP contribution is 2.20. The summed E-state index contributed by atoms with van der Waals surface area (Å²) in [5, 5.41) is 11.2. The molecule has 4 heteroatoms. The number of hydrogen-bond acceptors (Lipinski definition) is 3. The van der Waals surface area contributed by atoms with Crippen LogP contribution in [0.5, 0.6) is 5.75 Å². The van der Waals surface area contributed by atoms with Gasteiger partial charge in [-0.05, 0) is 29.8 Å². The van der Waals surface area contributed by atoms with Gasteiger partial charge in [-0.15, -0.1) is 0 Å². The average Bonchev–Trinajstić information content (AvgIpc) is 2.52. The molecule has 2 aromatic rings. The van der Waals surface area contributed by atoms with Gasteiger partial charge in [-0.25, -0.2) is 0 Å². The fourth-order valence-corrected chi connectivity index (χ4v) is 1.82. The lowest BCUT2D eigenvalue weighted by atomic mass is 10.1. The summed E-state index contributed by atoms with van der Waals surface area (Å²) in [7, 11) is 0. The van der Waals surface area contributed by atoms with Gasteiger partial charge in [0.25, 0.3) is 5.70 Å². The van der Waals surface area contributed by atoms with Crippen molar-refractivity contribution in [3.05, 3.63) is 88.5 Å². The van der Waals surface area contributed by atoms with Crippen molar-refractivity contribution in [1.82, 2.24) is 0 Å². The van der Waals surface area contributed by atoms with Crippen LogP contribution in [0.4, 0.5) is 0 Å². The van der Waals surface area contributed by atoms with E-state index in [4.69, 9.17) is 4.74 Å². The van der Waals surface area contributed by atoms with Crippen molar-refractivity contribution >= 4 is 11.8 Å². The van der Waals surface area contributed by atoms with Gasteiger partial charge in [-0.2, -0.15) is 0 Å². The first-order valence-corrected chi connectivity index (χ1v) is 6.46. The van der Waals surface area contributed by atoms with E-state index < -0.39 is 0 Å². The Hall–Kier alpha value is -2.88. The molecule has 0 bridgehead atoms. The fourth-order valence-electron chi connectivity index (χ4n) is 1.82. The summed E-state index contributed by atoms with van der Waals surface area (Å²) < 4.78 is 5.37. The number of nitrogens with zero attached hydrogens (tertiary/aromatic N) is 1. The van der Waals surface area contributed by atoms with Crippen LogP contribution in [0.2, 0.25) is 0 Å². The number of rotatable bonds is 6. The molecule has 0 unspecified atom stereocenters. The minimum Gasteiger partial charge on any atom is -0.490 e. The Bertz CT molecular complexity index is 645. The first kappa shape index (κ1) is 14.5. The molecule has 2 aromatic carbocycles. The molecule has 0 N–H and O–H groups in total. The van der Waals surface area contributed by atoms with Crippen LogP contribution in [-0.2, 0) is 0 Å². The number of benzene rings is 2. The molecule has 106 valence electrons. The molecule has 4 nitrogen and oxygen atoms in total. The molecule has 0 aliphatic heterocycles. The van der Waals surface area contributed by atoms with Crippen LogP contribution in [0.25, 0.3) is 11.8 Å². The van der Waals surface area contributed by atoms with E-state index in [1.54, 1.807) is 60.7 Å². The standard InChI is InChI=1S/C17H15NO3/c1-2-12-21-16-10-8-14(9-11-16)13-17(18(19)20)15-6-4-3-5-7-15/h2-11,13H,1,12H2. The van der Waals surface area contributed by atoms with E-state index in [0.717, 1.165) is 5.56 Å². The molecule has 0 fully saturated rings. The molecule has 21 heavy (non-hydrogen) atoms. The van der Waals surface area contributed by atoms with Crippen LogP contribution >= 0.6 is 0 Å². The maximum atomic E-state index is 11.2. The second kappa shape index (κ2) is 7.05. The van der Waals surface area contributed by atoms with Crippen molar-refractivity contribution in [3.8, 4) is 5.75 Å². The molecule has 0 atom stereocenters. The third-order valence-electron chi connectivity index (χ3n) is 2.82. The number of ether oxygens (including phenoxy) is 1. The molecular weight excluding hydrogens is 266 g/mol. The lowest BCUT2D eigenvalue weighted by molar-refractivity contribution is -0.374. The Labute approximate surface area is 123 Å². The number of hydrogen-bond donors (Lipinski definition) is 0. The summed E-state index contributed by atoms with van der Waals surface area (Å²) in [6.07, 6.45) is 3.21. The molecule has 0 heterocycles. The molecule has 2 rings (SSSR count).